The fourth-order valence-corrected chi connectivity index (χ4v) is 1.23. The normalized spacial score (nSPS) is 9.53. The Bertz CT molecular complexity index is 323. The minimum absolute atomic E-state index is 0. The largest absolute Gasteiger partial charge is 1.00 e. The number of carbonyl (C=O) groups excluding carboxylic acids is 1. The van der Waals surface area contributed by atoms with Gasteiger partial charge >= 0.3 is 18.9 Å². The second-order valence-corrected chi connectivity index (χ2v) is 3.35. The van der Waals surface area contributed by atoms with Gasteiger partial charge in [-0.2, -0.15) is 0 Å². The zero-order chi connectivity index (χ0) is 10.6. The predicted octanol–water partition coefficient (Wildman–Crippen LogP) is -2.06. The number of hydrogen-bond acceptors (Lipinski definition) is 3. The first-order valence-electron chi connectivity index (χ1n) is 4.53. The van der Waals surface area contributed by atoms with Gasteiger partial charge in [-0.25, -0.2) is 0 Å². The molecular formula is C11H13LiO3. The summed E-state index contributed by atoms with van der Waals surface area (Å²) in [6.07, 6.45) is 0. The van der Waals surface area contributed by atoms with Gasteiger partial charge in [0.2, 0.25) is 0 Å². The van der Waals surface area contributed by atoms with E-state index in [0.29, 0.717) is 11.7 Å². The summed E-state index contributed by atoms with van der Waals surface area (Å²) in [6.45, 7) is 3.66. The molecule has 0 saturated heterocycles. The van der Waals surface area contributed by atoms with Crippen molar-refractivity contribution in [2.75, 3.05) is 6.61 Å². The van der Waals surface area contributed by atoms with Crippen LogP contribution in [0.25, 0.3) is 0 Å². The predicted molar refractivity (Wildman–Crippen MR) is 51.0 cm³/mol. The number of carboxylic acid groups (broad SMARTS) is 1. The molecular weight excluding hydrogens is 187 g/mol. The Labute approximate surface area is 102 Å². The maximum atomic E-state index is 10.2. The van der Waals surface area contributed by atoms with Crippen LogP contribution < -0.4 is 28.7 Å². The summed E-state index contributed by atoms with van der Waals surface area (Å²) >= 11 is 0. The second kappa shape index (κ2) is 6.55. The molecule has 0 aliphatic heterocycles. The standard InChI is InChI=1S/C11H14O3.Li/c1-8(2)9-5-3-4-6-10(9)14-7-11(12)13;/h3-6,8H,7H2,1-2H3,(H,12,13);/q;+1/p-1. The van der Waals surface area contributed by atoms with Crippen molar-refractivity contribution >= 4 is 5.97 Å². The van der Waals surface area contributed by atoms with Crippen LogP contribution in [0.4, 0.5) is 0 Å². The first-order valence-corrected chi connectivity index (χ1v) is 4.53. The summed E-state index contributed by atoms with van der Waals surface area (Å²) in [5, 5.41) is 10.2. The average Bonchev–Trinajstić information content (AvgIpc) is 2.15. The number of para-hydroxylation sites is 1. The number of ether oxygens (including phenoxy) is 1. The summed E-state index contributed by atoms with van der Waals surface area (Å²) in [4.78, 5) is 10.2. The van der Waals surface area contributed by atoms with Gasteiger partial charge < -0.3 is 14.6 Å². The minimum Gasteiger partial charge on any atom is -0.546 e. The molecule has 0 atom stereocenters. The van der Waals surface area contributed by atoms with Gasteiger partial charge in [-0.15, -0.1) is 0 Å². The summed E-state index contributed by atoms with van der Waals surface area (Å²) in [5.41, 5.74) is 1.01. The van der Waals surface area contributed by atoms with Crippen molar-refractivity contribution < 1.29 is 33.5 Å². The molecule has 0 aromatic heterocycles. The van der Waals surface area contributed by atoms with Crippen LogP contribution in [0.5, 0.6) is 5.75 Å². The number of hydrogen-bond donors (Lipinski definition) is 0. The van der Waals surface area contributed by atoms with Crippen LogP contribution in [-0.2, 0) is 4.79 Å². The van der Waals surface area contributed by atoms with E-state index >= 15 is 0 Å². The molecule has 0 amide bonds. The van der Waals surface area contributed by atoms with E-state index in [1.807, 2.05) is 32.0 Å². The van der Waals surface area contributed by atoms with Crippen molar-refractivity contribution in [3.8, 4) is 5.75 Å². The Balaban J connectivity index is 0.00000196. The van der Waals surface area contributed by atoms with E-state index in [1.165, 1.54) is 0 Å². The number of carbonyl (C=O) groups is 1. The molecule has 1 aromatic rings. The van der Waals surface area contributed by atoms with E-state index < -0.39 is 12.6 Å². The van der Waals surface area contributed by atoms with Crippen LogP contribution in [0.15, 0.2) is 24.3 Å². The molecule has 0 N–H and O–H groups in total. The zero-order valence-electron chi connectivity index (χ0n) is 9.32. The van der Waals surface area contributed by atoms with Crippen LogP contribution in [0.3, 0.4) is 0 Å². The third-order valence-electron chi connectivity index (χ3n) is 1.89. The molecule has 0 saturated carbocycles. The maximum Gasteiger partial charge on any atom is 1.00 e. The van der Waals surface area contributed by atoms with Crippen molar-refractivity contribution in [3.63, 3.8) is 0 Å². The number of rotatable bonds is 4. The van der Waals surface area contributed by atoms with Gasteiger partial charge in [-0.05, 0) is 17.5 Å². The number of aliphatic carboxylic acids is 1. The van der Waals surface area contributed by atoms with Gasteiger partial charge in [0.05, 0.1) is 5.97 Å². The average molecular weight is 200 g/mol. The molecule has 76 valence electrons. The quantitative estimate of drug-likeness (QED) is 0.525. The van der Waals surface area contributed by atoms with E-state index in [1.54, 1.807) is 6.07 Å². The Morgan fingerprint density at radius 2 is 2.00 bits per heavy atom. The van der Waals surface area contributed by atoms with Gasteiger partial charge in [0.15, 0.2) is 0 Å². The van der Waals surface area contributed by atoms with E-state index in [2.05, 4.69) is 0 Å². The molecule has 0 bridgehead atoms. The Hall–Kier alpha value is -0.913. The van der Waals surface area contributed by atoms with Gasteiger partial charge in [-0.3, -0.25) is 0 Å². The summed E-state index contributed by atoms with van der Waals surface area (Å²) in [5.74, 6) is -0.275. The Morgan fingerprint density at radius 1 is 1.40 bits per heavy atom. The fourth-order valence-electron chi connectivity index (χ4n) is 1.23. The van der Waals surface area contributed by atoms with Gasteiger partial charge in [0.1, 0.15) is 12.4 Å². The summed E-state index contributed by atoms with van der Waals surface area (Å²) < 4.78 is 5.10. The Kier molecular flexibility index (Phi) is 6.15. The molecule has 1 aromatic carbocycles. The van der Waals surface area contributed by atoms with Crippen LogP contribution >= 0.6 is 0 Å². The van der Waals surface area contributed by atoms with Gasteiger partial charge in [0, 0.05) is 0 Å². The molecule has 15 heavy (non-hydrogen) atoms. The van der Waals surface area contributed by atoms with E-state index in [0.717, 1.165) is 5.56 Å². The van der Waals surface area contributed by atoms with Crippen molar-refractivity contribution in [3.05, 3.63) is 29.8 Å². The molecule has 0 unspecified atom stereocenters. The molecule has 1 rings (SSSR count). The molecule has 0 radical (unpaired) electrons. The van der Waals surface area contributed by atoms with Crippen molar-refractivity contribution in [1.29, 1.82) is 0 Å². The maximum absolute atomic E-state index is 10.2. The van der Waals surface area contributed by atoms with Gasteiger partial charge in [0.25, 0.3) is 0 Å². The summed E-state index contributed by atoms with van der Waals surface area (Å²) in [6, 6.07) is 7.41. The first kappa shape index (κ1) is 14.1. The van der Waals surface area contributed by atoms with Crippen molar-refractivity contribution in [2.45, 2.75) is 19.8 Å². The molecule has 0 heterocycles. The molecule has 4 heteroatoms. The topological polar surface area (TPSA) is 49.4 Å². The SMILES string of the molecule is CC(C)c1ccccc1OCC(=O)[O-].[Li+]. The smallest absolute Gasteiger partial charge is 0.546 e. The number of carboxylic acids is 1. The second-order valence-electron chi connectivity index (χ2n) is 3.35. The molecule has 0 fully saturated rings. The number of benzene rings is 1. The molecule has 3 nitrogen and oxygen atoms in total. The van der Waals surface area contributed by atoms with E-state index in [-0.39, 0.29) is 18.9 Å². The van der Waals surface area contributed by atoms with Crippen LogP contribution in [0, 0.1) is 0 Å². The summed E-state index contributed by atoms with van der Waals surface area (Å²) in [7, 11) is 0. The monoisotopic (exact) mass is 200 g/mol. The fraction of sp³-hybridized carbons (Fsp3) is 0.364. The van der Waals surface area contributed by atoms with Crippen LogP contribution in [0.1, 0.15) is 25.3 Å². The van der Waals surface area contributed by atoms with E-state index in [4.69, 9.17) is 4.74 Å². The van der Waals surface area contributed by atoms with E-state index in [9.17, 15) is 9.90 Å². The van der Waals surface area contributed by atoms with Crippen molar-refractivity contribution in [2.24, 2.45) is 0 Å². The zero-order valence-corrected chi connectivity index (χ0v) is 9.32. The minimum atomic E-state index is -1.21. The Morgan fingerprint density at radius 3 is 2.53 bits per heavy atom. The van der Waals surface area contributed by atoms with Gasteiger partial charge in [-0.1, -0.05) is 32.0 Å². The van der Waals surface area contributed by atoms with Crippen molar-refractivity contribution in [1.82, 2.24) is 0 Å². The molecule has 0 aliphatic carbocycles. The first-order chi connectivity index (χ1) is 6.61. The third-order valence-corrected chi connectivity index (χ3v) is 1.89. The molecule has 0 aliphatic rings. The van der Waals surface area contributed by atoms with Crippen LogP contribution in [-0.4, -0.2) is 12.6 Å². The molecule has 0 spiro atoms. The van der Waals surface area contributed by atoms with Crippen LogP contribution in [0.2, 0.25) is 0 Å². The third kappa shape index (κ3) is 4.42.